The van der Waals surface area contributed by atoms with E-state index in [0.717, 1.165) is 32.5 Å². The smallest absolute Gasteiger partial charge is 0.289 e. The molecule has 128 valence electrons. The molecule has 3 rings (SSSR count). The van der Waals surface area contributed by atoms with Crippen molar-refractivity contribution in [3.63, 3.8) is 0 Å². The molecule has 2 heterocycles. The lowest BCUT2D eigenvalue weighted by molar-refractivity contribution is 0.0253. The molecule has 0 saturated carbocycles. The van der Waals surface area contributed by atoms with Crippen molar-refractivity contribution >= 4 is 5.91 Å². The zero-order valence-electron chi connectivity index (χ0n) is 14.5. The first-order valence-electron chi connectivity index (χ1n) is 8.79. The molecule has 0 radical (unpaired) electrons. The molecule has 0 spiro atoms. The van der Waals surface area contributed by atoms with E-state index in [0.29, 0.717) is 11.8 Å². The van der Waals surface area contributed by atoms with Crippen molar-refractivity contribution in [2.75, 3.05) is 19.6 Å². The lowest BCUT2D eigenvalue weighted by Crippen LogP contribution is -2.58. The quantitative estimate of drug-likeness (QED) is 0.844. The number of hydrogen-bond donors (Lipinski definition) is 0. The van der Waals surface area contributed by atoms with Crippen LogP contribution in [-0.4, -0.2) is 47.4 Å². The Morgan fingerprint density at radius 3 is 2.58 bits per heavy atom. The second-order valence-corrected chi connectivity index (χ2v) is 6.58. The van der Waals surface area contributed by atoms with Crippen LogP contribution < -0.4 is 0 Å². The number of nitrogens with zero attached hydrogens (tertiary/aromatic N) is 2. The summed E-state index contributed by atoms with van der Waals surface area (Å²) in [7, 11) is 0. The SMILES string of the molecule is C[C@@H]1[C@H](C)N(C(=O)c2ccco2)CCN1CCCc1ccccc1. The molecule has 0 unspecified atom stereocenters. The molecule has 1 amide bonds. The minimum absolute atomic E-state index is 0.00304. The van der Waals surface area contributed by atoms with E-state index in [2.05, 4.69) is 49.1 Å². The Balaban J connectivity index is 1.53. The monoisotopic (exact) mass is 326 g/mol. The zero-order chi connectivity index (χ0) is 16.9. The number of benzene rings is 1. The van der Waals surface area contributed by atoms with Crippen LogP contribution in [0, 0.1) is 0 Å². The molecule has 0 aliphatic carbocycles. The van der Waals surface area contributed by atoms with Gasteiger partial charge in [0.25, 0.3) is 5.91 Å². The molecule has 2 atom stereocenters. The normalized spacial score (nSPS) is 21.8. The molecule has 1 saturated heterocycles. The van der Waals surface area contributed by atoms with Crippen LogP contribution in [0.5, 0.6) is 0 Å². The average Bonchev–Trinajstić information content (AvgIpc) is 3.14. The maximum atomic E-state index is 12.5. The van der Waals surface area contributed by atoms with Gasteiger partial charge in [-0.1, -0.05) is 30.3 Å². The number of aryl methyl sites for hydroxylation is 1. The minimum Gasteiger partial charge on any atom is -0.459 e. The third-order valence-electron chi connectivity index (χ3n) is 5.14. The molecule has 0 bridgehead atoms. The molecule has 1 fully saturated rings. The topological polar surface area (TPSA) is 36.7 Å². The molecule has 4 nitrogen and oxygen atoms in total. The van der Waals surface area contributed by atoms with Crippen molar-refractivity contribution in [1.82, 2.24) is 9.80 Å². The average molecular weight is 326 g/mol. The van der Waals surface area contributed by atoms with Crippen molar-refractivity contribution in [3.8, 4) is 0 Å². The first kappa shape index (κ1) is 16.8. The molecule has 1 aromatic carbocycles. The van der Waals surface area contributed by atoms with Gasteiger partial charge in [-0.05, 0) is 50.9 Å². The highest BCUT2D eigenvalue weighted by atomic mass is 16.3. The summed E-state index contributed by atoms with van der Waals surface area (Å²) in [5.41, 5.74) is 1.39. The summed E-state index contributed by atoms with van der Waals surface area (Å²) in [6.45, 7) is 7.11. The molecule has 1 aromatic heterocycles. The number of piperazine rings is 1. The van der Waals surface area contributed by atoms with Gasteiger partial charge in [-0.25, -0.2) is 0 Å². The number of amides is 1. The van der Waals surface area contributed by atoms with Gasteiger partial charge < -0.3 is 9.32 Å². The fraction of sp³-hybridized carbons (Fsp3) is 0.450. The van der Waals surface area contributed by atoms with Crippen molar-refractivity contribution in [2.45, 2.75) is 38.8 Å². The van der Waals surface area contributed by atoms with Crippen LogP contribution in [-0.2, 0) is 6.42 Å². The minimum atomic E-state index is 0.00304. The number of hydrogen-bond acceptors (Lipinski definition) is 3. The molecular weight excluding hydrogens is 300 g/mol. The lowest BCUT2D eigenvalue weighted by atomic mass is 10.0. The van der Waals surface area contributed by atoms with Gasteiger partial charge in [-0.3, -0.25) is 9.69 Å². The number of carbonyl (C=O) groups excluding carboxylic acids is 1. The van der Waals surface area contributed by atoms with Gasteiger partial charge in [-0.2, -0.15) is 0 Å². The summed E-state index contributed by atoms with van der Waals surface area (Å²) in [5.74, 6) is 0.440. The second-order valence-electron chi connectivity index (χ2n) is 6.58. The van der Waals surface area contributed by atoms with Crippen LogP contribution in [0.25, 0.3) is 0 Å². The van der Waals surface area contributed by atoms with E-state index in [1.807, 2.05) is 4.90 Å². The van der Waals surface area contributed by atoms with Gasteiger partial charge in [0.05, 0.1) is 6.26 Å². The molecule has 2 aromatic rings. The number of carbonyl (C=O) groups is 1. The Kier molecular flexibility index (Phi) is 5.36. The maximum absolute atomic E-state index is 12.5. The summed E-state index contributed by atoms with van der Waals surface area (Å²) in [5, 5.41) is 0. The van der Waals surface area contributed by atoms with Crippen molar-refractivity contribution in [3.05, 3.63) is 60.1 Å². The van der Waals surface area contributed by atoms with Crippen LogP contribution in [0.2, 0.25) is 0 Å². The Bertz CT molecular complexity index is 639. The van der Waals surface area contributed by atoms with Crippen LogP contribution in [0.1, 0.15) is 36.4 Å². The van der Waals surface area contributed by atoms with E-state index in [9.17, 15) is 4.79 Å². The Morgan fingerprint density at radius 2 is 1.88 bits per heavy atom. The Morgan fingerprint density at radius 1 is 1.08 bits per heavy atom. The van der Waals surface area contributed by atoms with E-state index < -0.39 is 0 Å². The van der Waals surface area contributed by atoms with Crippen LogP contribution in [0.4, 0.5) is 0 Å². The predicted octanol–water partition coefficient (Wildman–Crippen LogP) is 3.45. The Hall–Kier alpha value is -2.07. The van der Waals surface area contributed by atoms with Crippen LogP contribution in [0.3, 0.4) is 0 Å². The summed E-state index contributed by atoms with van der Waals surface area (Å²) in [6, 6.07) is 14.7. The zero-order valence-corrected chi connectivity index (χ0v) is 14.5. The molecule has 0 N–H and O–H groups in total. The highest BCUT2D eigenvalue weighted by Crippen LogP contribution is 2.20. The molecule has 24 heavy (non-hydrogen) atoms. The van der Waals surface area contributed by atoms with Gasteiger partial charge in [0, 0.05) is 25.2 Å². The summed E-state index contributed by atoms with van der Waals surface area (Å²) >= 11 is 0. The van der Waals surface area contributed by atoms with Gasteiger partial charge in [0.15, 0.2) is 5.76 Å². The summed E-state index contributed by atoms with van der Waals surface area (Å²) < 4.78 is 5.27. The van der Waals surface area contributed by atoms with Gasteiger partial charge in [-0.15, -0.1) is 0 Å². The van der Waals surface area contributed by atoms with E-state index >= 15 is 0 Å². The second kappa shape index (κ2) is 7.67. The lowest BCUT2D eigenvalue weighted by Gasteiger charge is -2.44. The van der Waals surface area contributed by atoms with Crippen molar-refractivity contribution in [1.29, 1.82) is 0 Å². The van der Waals surface area contributed by atoms with Gasteiger partial charge >= 0.3 is 0 Å². The van der Waals surface area contributed by atoms with Crippen molar-refractivity contribution < 1.29 is 9.21 Å². The fourth-order valence-corrected chi connectivity index (χ4v) is 3.48. The van der Waals surface area contributed by atoms with Crippen LogP contribution in [0.15, 0.2) is 53.1 Å². The molecule has 4 heteroatoms. The van der Waals surface area contributed by atoms with Gasteiger partial charge in [0.2, 0.25) is 0 Å². The summed E-state index contributed by atoms with van der Waals surface area (Å²) in [6.07, 6.45) is 3.81. The number of rotatable bonds is 5. The van der Waals surface area contributed by atoms with Crippen molar-refractivity contribution in [2.24, 2.45) is 0 Å². The van der Waals surface area contributed by atoms with Gasteiger partial charge in [0.1, 0.15) is 0 Å². The first-order valence-corrected chi connectivity index (χ1v) is 8.79. The first-order chi connectivity index (χ1) is 11.7. The predicted molar refractivity (Wildman–Crippen MR) is 95.0 cm³/mol. The molecule has 1 aliphatic rings. The number of furan rings is 1. The summed E-state index contributed by atoms with van der Waals surface area (Å²) in [4.78, 5) is 17.0. The van der Waals surface area contributed by atoms with Crippen LogP contribution >= 0.6 is 0 Å². The fourth-order valence-electron chi connectivity index (χ4n) is 3.48. The molecule has 1 aliphatic heterocycles. The third kappa shape index (κ3) is 3.70. The van der Waals surface area contributed by atoms with E-state index in [1.54, 1.807) is 18.4 Å². The maximum Gasteiger partial charge on any atom is 0.289 e. The highest BCUT2D eigenvalue weighted by molar-refractivity contribution is 5.91. The molecular formula is C20H26N2O2. The van der Waals surface area contributed by atoms with E-state index in [1.165, 1.54) is 5.56 Å². The Labute approximate surface area is 144 Å². The van der Waals surface area contributed by atoms with E-state index in [-0.39, 0.29) is 11.9 Å². The highest BCUT2D eigenvalue weighted by Gasteiger charge is 2.34. The third-order valence-corrected chi connectivity index (χ3v) is 5.14. The standard InChI is InChI=1S/C20H26N2O2/c1-16-17(2)22(20(23)19-11-7-15-24-19)14-13-21(16)12-6-10-18-8-4-3-5-9-18/h3-5,7-9,11,15-17H,6,10,12-14H2,1-2H3/t16-,17+/m1/s1. The largest absolute Gasteiger partial charge is 0.459 e. The van der Waals surface area contributed by atoms with E-state index in [4.69, 9.17) is 4.42 Å².